The van der Waals surface area contributed by atoms with Crippen LogP contribution in [0.1, 0.15) is 50.9 Å². The van der Waals surface area contributed by atoms with E-state index in [1.807, 2.05) is 0 Å². The smallest absolute Gasteiger partial charge is 0.269 e. The highest BCUT2D eigenvalue weighted by molar-refractivity contribution is 7.90. The molecule has 1 aromatic rings. The summed E-state index contributed by atoms with van der Waals surface area (Å²) in [6.45, 7) is 1.50. The normalized spacial score (nSPS) is 16.1. The van der Waals surface area contributed by atoms with Gasteiger partial charge in [-0.3, -0.25) is 10.2 Å². The molecule has 132 valence electrons. The van der Waals surface area contributed by atoms with Crippen LogP contribution in [0.2, 0.25) is 0 Å². The summed E-state index contributed by atoms with van der Waals surface area (Å²) in [5, 5.41) is -0.520. The van der Waals surface area contributed by atoms with Crippen molar-refractivity contribution in [2.75, 3.05) is 7.11 Å². The lowest BCUT2D eigenvalue weighted by atomic mass is 10.0. The Bertz CT molecular complexity index is 695. The van der Waals surface area contributed by atoms with Crippen molar-refractivity contribution in [1.82, 2.24) is 10.3 Å². The van der Waals surface area contributed by atoms with E-state index in [0.717, 1.165) is 19.3 Å². The molecule has 2 rings (SSSR count). The van der Waals surface area contributed by atoms with Gasteiger partial charge in [-0.1, -0.05) is 19.3 Å². The van der Waals surface area contributed by atoms with Gasteiger partial charge in [0.25, 0.3) is 5.91 Å². The Kier molecular flexibility index (Phi) is 5.59. The Morgan fingerprint density at radius 1 is 1.30 bits per heavy atom. The van der Waals surface area contributed by atoms with E-state index in [2.05, 4.69) is 10.3 Å². The zero-order chi connectivity index (χ0) is 17.0. The second-order valence-corrected chi connectivity index (χ2v) is 7.63. The maximum absolute atomic E-state index is 14.0. The van der Waals surface area contributed by atoms with E-state index in [9.17, 15) is 17.6 Å². The number of ether oxygens (including phenoxy) is 1. The molecule has 0 spiro atoms. The molecule has 1 aromatic carbocycles. The summed E-state index contributed by atoms with van der Waals surface area (Å²) in [6, 6.07) is 2.69. The summed E-state index contributed by atoms with van der Waals surface area (Å²) in [5.41, 5.74) is 2.05. The SMILES string of the molecule is COc1cc(C)c(F)c(C(=O)NNS(=O)(=O)C2CCCCC2)c1.[HH].[HH]. The van der Waals surface area contributed by atoms with Crippen LogP contribution in [0, 0.1) is 12.7 Å². The zero-order valence-corrected chi connectivity index (χ0v) is 14.0. The number of carbonyl (C=O) groups is 1. The van der Waals surface area contributed by atoms with Crippen molar-refractivity contribution in [3.05, 3.63) is 29.1 Å². The van der Waals surface area contributed by atoms with Crippen molar-refractivity contribution < 1.29 is 25.2 Å². The van der Waals surface area contributed by atoms with Gasteiger partial charge in [0.05, 0.1) is 17.9 Å². The van der Waals surface area contributed by atoms with Gasteiger partial charge in [-0.2, -0.15) is 0 Å². The Balaban J connectivity index is 0.00000288. The first kappa shape index (κ1) is 17.7. The largest absolute Gasteiger partial charge is 0.497 e. The molecule has 8 heteroatoms. The van der Waals surface area contributed by atoms with Crippen LogP contribution in [0.3, 0.4) is 0 Å². The molecule has 1 saturated carbocycles. The number of sulfonamides is 1. The predicted molar refractivity (Wildman–Crippen MR) is 88.3 cm³/mol. The fraction of sp³-hybridized carbons (Fsp3) is 0.533. The van der Waals surface area contributed by atoms with Gasteiger partial charge in [0.1, 0.15) is 11.6 Å². The second kappa shape index (κ2) is 7.27. The Morgan fingerprint density at radius 2 is 1.96 bits per heavy atom. The lowest BCUT2D eigenvalue weighted by Gasteiger charge is -2.22. The number of hydrazine groups is 1. The molecule has 0 atom stereocenters. The number of halogens is 1. The third-order valence-electron chi connectivity index (χ3n) is 4.01. The second-order valence-electron chi connectivity index (χ2n) is 5.67. The Hall–Kier alpha value is -1.67. The van der Waals surface area contributed by atoms with Gasteiger partial charge >= 0.3 is 0 Å². The van der Waals surface area contributed by atoms with Crippen LogP contribution in [0.5, 0.6) is 5.75 Å². The van der Waals surface area contributed by atoms with Gasteiger partial charge in [-0.25, -0.2) is 12.8 Å². The van der Waals surface area contributed by atoms with Crippen LogP contribution in [0.4, 0.5) is 4.39 Å². The van der Waals surface area contributed by atoms with Crippen LogP contribution < -0.4 is 15.0 Å². The summed E-state index contributed by atoms with van der Waals surface area (Å²) >= 11 is 0. The van der Waals surface area contributed by atoms with Crippen LogP contribution >= 0.6 is 0 Å². The average Bonchev–Trinajstić information content (AvgIpc) is 2.56. The predicted octanol–water partition coefficient (Wildman–Crippen LogP) is 2.53. The molecule has 0 aromatic heterocycles. The van der Waals surface area contributed by atoms with Crippen molar-refractivity contribution in [1.29, 1.82) is 0 Å². The van der Waals surface area contributed by atoms with Crippen LogP contribution in [0.15, 0.2) is 12.1 Å². The summed E-state index contributed by atoms with van der Waals surface area (Å²) in [5.74, 6) is -1.24. The van der Waals surface area contributed by atoms with Crippen molar-refractivity contribution in [3.8, 4) is 5.75 Å². The minimum absolute atomic E-state index is 0. The summed E-state index contributed by atoms with van der Waals surface area (Å²) in [4.78, 5) is 14.2. The molecular weight excluding hydrogens is 323 g/mol. The molecule has 6 nitrogen and oxygen atoms in total. The minimum atomic E-state index is -3.66. The monoisotopic (exact) mass is 348 g/mol. The van der Waals surface area contributed by atoms with Gasteiger partial charge in [0, 0.05) is 2.85 Å². The van der Waals surface area contributed by atoms with E-state index >= 15 is 0 Å². The first-order valence-corrected chi connectivity index (χ1v) is 9.05. The lowest BCUT2D eigenvalue weighted by Crippen LogP contribution is -2.46. The number of hydrogen-bond donors (Lipinski definition) is 2. The number of amides is 1. The molecule has 0 radical (unpaired) electrons. The molecule has 0 unspecified atom stereocenters. The van der Waals surface area contributed by atoms with Crippen LogP contribution in [-0.4, -0.2) is 26.7 Å². The highest BCUT2D eigenvalue weighted by atomic mass is 32.2. The molecule has 2 N–H and O–H groups in total. The van der Waals surface area contributed by atoms with E-state index in [-0.39, 0.29) is 14.0 Å². The third kappa shape index (κ3) is 4.20. The molecule has 0 heterocycles. The van der Waals surface area contributed by atoms with E-state index in [1.54, 1.807) is 0 Å². The first-order chi connectivity index (χ1) is 10.8. The fourth-order valence-electron chi connectivity index (χ4n) is 2.66. The van der Waals surface area contributed by atoms with Gasteiger partial charge < -0.3 is 4.74 Å². The van der Waals surface area contributed by atoms with Crippen molar-refractivity contribution in [2.24, 2.45) is 0 Å². The average molecular weight is 348 g/mol. The fourth-order valence-corrected chi connectivity index (χ4v) is 4.02. The number of carbonyl (C=O) groups excluding carboxylic acids is 1. The lowest BCUT2D eigenvalue weighted by molar-refractivity contribution is 0.0940. The van der Waals surface area contributed by atoms with Gasteiger partial charge in [-0.15, -0.1) is 4.83 Å². The van der Waals surface area contributed by atoms with Gasteiger partial charge in [-0.05, 0) is 37.5 Å². The van der Waals surface area contributed by atoms with E-state index in [4.69, 9.17) is 4.74 Å². The van der Waals surface area contributed by atoms with Crippen molar-refractivity contribution in [3.63, 3.8) is 0 Å². The zero-order valence-electron chi connectivity index (χ0n) is 13.2. The third-order valence-corrected chi connectivity index (χ3v) is 5.74. The summed E-state index contributed by atoms with van der Waals surface area (Å²) in [6.07, 6.45) is 3.86. The molecule has 0 saturated heterocycles. The molecule has 0 aliphatic heterocycles. The van der Waals surface area contributed by atoms with E-state index in [0.29, 0.717) is 18.6 Å². The van der Waals surface area contributed by atoms with Crippen LogP contribution in [-0.2, 0) is 10.0 Å². The number of aryl methyl sites for hydroxylation is 1. The molecule has 0 bridgehead atoms. The number of rotatable bonds is 5. The van der Waals surface area contributed by atoms with Crippen molar-refractivity contribution in [2.45, 2.75) is 44.3 Å². The van der Waals surface area contributed by atoms with Gasteiger partial charge in [0.15, 0.2) is 0 Å². The van der Waals surface area contributed by atoms with E-state index < -0.39 is 27.0 Å². The first-order valence-electron chi connectivity index (χ1n) is 7.50. The molecule has 1 aliphatic rings. The number of benzene rings is 1. The number of hydrogen-bond acceptors (Lipinski definition) is 4. The quantitative estimate of drug-likeness (QED) is 0.801. The summed E-state index contributed by atoms with van der Waals surface area (Å²) in [7, 11) is -2.26. The number of nitrogens with one attached hydrogen (secondary N) is 2. The molecular formula is C15H25FN2O4S. The van der Waals surface area contributed by atoms with Gasteiger partial charge in [0.2, 0.25) is 10.0 Å². The maximum Gasteiger partial charge on any atom is 0.269 e. The Morgan fingerprint density at radius 3 is 2.57 bits per heavy atom. The highest BCUT2D eigenvalue weighted by Crippen LogP contribution is 2.23. The molecule has 1 fully saturated rings. The maximum atomic E-state index is 14.0. The minimum Gasteiger partial charge on any atom is -0.497 e. The standard InChI is InChI=1S/C15H21FN2O4S.2H2/c1-10-8-11(22-2)9-13(14(10)16)15(19)17-18-23(20,21)12-6-4-3-5-7-12;;/h8-9,12,18H,3-7H2,1-2H3,(H,17,19);2*1H. The number of methoxy groups -OCH3 is 1. The van der Waals surface area contributed by atoms with Crippen molar-refractivity contribution >= 4 is 15.9 Å². The highest BCUT2D eigenvalue weighted by Gasteiger charge is 2.28. The molecule has 1 aliphatic carbocycles. The molecule has 1 amide bonds. The van der Waals surface area contributed by atoms with E-state index in [1.165, 1.54) is 26.2 Å². The molecule has 23 heavy (non-hydrogen) atoms. The Labute approximate surface area is 138 Å². The topological polar surface area (TPSA) is 84.5 Å². The summed E-state index contributed by atoms with van der Waals surface area (Å²) < 4.78 is 43.3. The van der Waals surface area contributed by atoms with Crippen LogP contribution in [0.25, 0.3) is 0 Å².